The van der Waals surface area contributed by atoms with Gasteiger partial charge in [0.2, 0.25) is 0 Å². The molecule has 3 aromatic rings. The van der Waals surface area contributed by atoms with Crippen LogP contribution in [0.2, 0.25) is 0 Å². The molecule has 134 valence electrons. The summed E-state index contributed by atoms with van der Waals surface area (Å²) in [6, 6.07) is 12.9. The number of hydrogen-bond acceptors (Lipinski definition) is 4. The van der Waals surface area contributed by atoms with Gasteiger partial charge in [0.15, 0.2) is 0 Å². The lowest BCUT2D eigenvalue weighted by Crippen LogP contribution is -2.56. The van der Waals surface area contributed by atoms with Crippen LogP contribution in [0.25, 0.3) is 10.9 Å². The molecule has 2 heterocycles. The maximum absolute atomic E-state index is 12.5. The van der Waals surface area contributed by atoms with Crippen molar-refractivity contribution in [3.05, 3.63) is 63.8 Å². The van der Waals surface area contributed by atoms with Crippen LogP contribution in [0.5, 0.6) is 5.75 Å². The number of methoxy groups -OCH3 is 1. The minimum atomic E-state index is -0.866. The quantitative estimate of drug-likeness (QED) is 0.557. The summed E-state index contributed by atoms with van der Waals surface area (Å²) in [6.07, 6.45) is 0.515. The third kappa shape index (κ3) is 2.70. The van der Waals surface area contributed by atoms with E-state index in [4.69, 9.17) is 4.74 Å². The highest BCUT2D eigenvalue weighted by Crippen LogP contribution is 2.39. The molecule has 0 saturated heterocycles. The number of halogens is 1. The fraction of sp³-hybridized carbons (Fsp3) is 0.250. The summed E-state index contributed by atoms with van der Waals surface area (Å²) in [7, 11) is 1.40. The molecule has 0 saturated carbocycles. The van der Waals surface area contributed by atoms with Crippen LogP contribution in [0.4, 0.5) is 0 Å². The van der Waals surface area contributed by atoms with E-state index in [1.807, 2.05) is 25.1 Å². The molecule has 6 heteroatoms. The molecule has 2 aromatic carbocycles. The number of carbonyl (C=O) groups excluding carboxylic acids is 1. The molecule has 0 amide bonds. The minimum Gasteiger partial charge on any atom is -0.508 e. The standard InChI is InChI=1S/C20H19BrN2O3/c1-20(19(25)26-2)10-15-14-9-12(21)6-7-16(14)22-18(15)17(23-20)11-4-3-5-13(24)8-11/h3-9,17,22-24H,10H2,1-2H3. The first kappa shape index (κ1) is 17.1. The maximum Gasteiger partial charge on any atom is 0.326 e. The van der Waals surface area contributed by atoms with Gasteiger partial charge in [-0.1, -0.05) is 28.1 Å². The van der Waals surface area contributed by atoms with E-state index in [1.54, 1.807) is 18.2 Å². The Bertz CT molecular complexity index is 1010. The van der Waals surface area contributed by atoms with Gasteiger partial charge >= 0.3 is 5.97 Å². The van der Waals surface area contributed by atoms with E-state index in [0.717, 1.165) is 32.2 Å². The van der Waals surface area contributed by atoms with Crippen LogP contribution in [-0.2, 0) is 16.0 Å². The molecule has 4 rings (SSSR count). The summed E-state index contributed by atoms with van der Waals surface area (Å²) in [6.45, 7) is 1.86. The molecule has 0 fully saturated rings. The minimum absolute atomic E-state index is 0.190. The number of rotatable bonds is 2. The van der Waals surface area contributed by atoms with Gasteiger partial charge in [-0.05, 0) is 48.4 Å². The molecule has 0 bridgehead atoms. The fourth-order valence-electron chi connectivity index (χ4n) is 3.78. The molecule has 2 unspecified atom stereocenters. The maximum atomic E-state index is 12.5. The Kier molecular flexibility index (Phi) is 4.04. The van der Waals surface area contributed by atoms with Gasteiger partial charge in [-0.25, -0.2) is 0 Å². The Morgan fingerprint density at radius 1 is 1.31 bits per heavy atom. The number of carbonyl (C=O) groups is 1. The van der Waals surface area contributed by atoms with E-state index >= 15 is 0 Å². The molecule has 0 radical (unpaired) electrons. The Hall–Kier alpha value is -2.31. The average molecular weight is 415 g/mol. The summed E-state index contributed by atoms with van der Waals surface area (Å²) in [5.41, 5.74) is 3.12. The number of ether oxygens (including phenoxy) is 1. The predicted molar refractivity (Wildman–Crippen MR) is 103 cm³/mol. The molecule has 3 N–H and O–H groups in total. The van der Waals surface area contributed by atoms with Crippen molar-refractivity contribution < 1.29 is 14.6 Å². The number of phenolic OH excluding ortho intramolecular Hbond substituents is 1. The van der Waals surface area contributed by atoms with Crippen LogP contribution in [0.1, 0.15) is 29.8 Å². The number of fused-ring (bicyclic) bond motifs is 3. The second-order valence-electron chi connectivity index (χ2n) is 6.88. The first-order valence-electron chi connectivity index (χ1n) is 8.36. The molecular weight excluding hydrogens is 396 g/mol. The topological polar surface area (TPSA) is 74.4 Å². The van der Waals surface area contributed by atoms with Crippen molar-refractivity contribution in [2.24, 2.45) is 0 Å². The second kappa shape index (κ2) is 6.14. The molecular formula is C20H19BrN2O3. The largest absolute Gasteiger partial charge is 0.508 e. The van der Waals surface area contributed by atoms with Crippen LogP contribution < -0.4 is 5.32 Å². The van der Waals surface area contributed by atoms with E-state index in [1.165, 1.54) is 7.11 Å². The molecule has 1 aliphatic heterocycles. The molecule has 1 aromatic heterocycles. The monoisotopic (exact) mass is 414 g/mol. The Morgan fingerprint density at radius 3 is 2.85 bits per heavy atom. The summed E-state index contributed by atoms with van der Waals surface area (Å²) < 4.78 is 6.04. The highest BCUT2D eigenvalue weighted by molar-refractivity contribution is 9.10. The van der Waals surface area contributed by atoms with Gasteiger partial charge in [-0.2, -0.15) is 0 Å². The van der Waals surface area contributed by atoms with Gasteiger partial charge in [0.1, 0.15) is 11.3 Å². The Balaban J connectivity index is 1.95. The summed E-state index contributed by atoms with van der Waals surface area (Å²) in [5, 5.41) is 14.4. The second-order valence-corrected chi connectivity index (χ2v) is 7.80. The first-order chi connectivity index (χ1) is 12.4. The first-order valence-corrected chi connectivity index (χ1v) is 9.15. The number of H-pyrrole nitrogens is 1. The zero-order chi connectivity index (χ0) is 18.5. The number of aromatic hydroxyl groups is 1. The summed E-state index contributed by atoms with van der Waals surface area (Å²) in [5.74, 6) is -0.118. The highest BCUT2D eigenvalue weighted by Gasteiger charge is 2.43. The zero-order valence-corrected chi connectivity index (χ0v) is 16.1. The number of aromatic nitrogens is 1. The normalized spacial score (nSPS) is 22.2. The molecule has 5 nitrogen and oxygen atoms in total. The SMILES string of the molecule is COC(=O)C1(C)Cc2c([nH]c3ccc(Br)cc23)C(c2cccc(O)c2)N1. The van der Waals surface area contributed by atoms with Crippen molar-refractivity contribution in [2.45, 2.75) is 24.9 Å². The van der Waals surface area contributed by atoms with Crippen LogP contribution in [0, 0.1) is 0 Å². The number of benzene rings is 2. The number of esters is 1. The Labute approximate surface area is 159 Å². The van der Waals surface area contributed by atoms with Gasteiger partial charge in [0.25, 0.3) is 0 Å². The number of hydrogen-bond donors (Lipinski definition) is 3. The summed E-state index contributed by atoms with van der Waals surface area (Å²) in [4.78, 5) is 16.0. The van der Waals surface area contributed by atoms with E-state index < -0.39 is 5.54 Å². The molecule has 0 spiro atoms. The van der Waals surface area contributed by atoms with Crippen molar-refractivity contribution in [1.82, 2.24) is 10.3 Å². The van der Waals surface area contributed by atoms with Crippen molar-refractivity contribution in [3.8, 4) is 5.75 Å². The predicted octanol–water partition coefficient (Wildman–Crippen LogP) is 3.80. The number of nitrogens with one attached hydrogen (secondary N) is 2. The molecule has 26 heavy (non-hydrogen) atoms. The third-order valence-corrected chi connectivity index (χ3v) is 5.52. The van der Waals surface area contributed by atoms with E-state index in [9.17, 15) is 9.90 Å². The van der Waals surface area contributed by atoms with Crippen LogP contribution in [0.3, 0.4) is 0 Å². The van der Waals surface area contributed by atoms with Gasteiger partial charge in [-0.15, -0.1) is 0 Å². The lowest BCUT2D eigenvalue weighted by Gasteiger charge is -2.37. The fourth-order valence-corrected chi connectivity index (χ4v) is 4.14. The number of phenols is 1. The highest BCUT2D eigenvalue weighted by atomic mass is 79.9. The van der Waals surface area contributed by atoms with Gasteiger partial charge in [0.05, 0.1) is 13.2 Å². The van der Waals surface area contributed by atoms with Crippen LogP contribution in [-0.4, -0.2) is 28.7 Å². The Morgan fingerprint density at radius 2 is 2.12 bits per heavy atom. The van der Waals surface area contributed by atoms with Gasteiger partial charge in [-0.3, -0.25) is 10.1 Å². The number of aromatic amines is 1. The van der Waals surface area contributed by atoms with Crippen molar-refractivity contribution in [2.75, 3.05) is 7.11 Å². The van der Waals surface area contributed by atoms with E-state index in [-0.39, 0.29) is 17.8 Å². The summed E-state index contributed by atoms with van der Waals surface area (Å²) >= 11 is 3.53. The zero-order valence-electron chi connectivity index (χ0n) is 14.5. The van der Waals surface area contributed by atoms with Gasteiger partial charge in [0, 0.05) is 27.5 Å². The third-order valence-electron chi connectivity index (χ3n) is 5.02. The van der Waals surface area contributed by atoms with Crippen molar-refractivity contribution in [3.63, 3.8) is 0 Å². The molecule has 0 aliphatic carbocycles. The van der Waals surface area contributed by atoms with E-state index in [2.05, 4.69) is 32.3 Å². The smallest absolute Gasteiger partial charge is 0.326 e. The molecule has 2 atom stereocenters. The van der Waals surface area contributed by atoms with Crippen LogP contribution in [0.15, 0.2) is 46.9 Å². The molecule has 1 aliphatic rings. The lowest BCUT2D eigenvalue weighted by molar-refractivity contribution is -0.148. The van der Waals surface area contributed by atoms with Crippen molar-refractivity contribution >= 4 is 32.8 Å². The van der Waals surface area contributed by atoms with E-state index in [0.29, 0.717) is 6.42 Å². The van der Waals surface area contributed by atoms with Crippen LogP contribution >= 0.6 is 15.9 Å². The average Bonchev–Trinajstić information content (AvgIpc) is 2.98. The van der Waals surface area contributed by atoms with Gasteiger partial charge < -0.3 is 14.8 Å². The van der Waals surface area contributed by atoms with Crippen molar-refractivity contribution in [1.29, 1.82) is 0 Å². The lowest BCUT2D eigenvalue weighted by atomic mass is 9.82.